The summed E-state index contributed by atoms with van der Waals surface area (Å²) in [5.74, 6) is -0.199. The molecule has 1 aliphatic rings. The van der Waals surface area contributed by atoms with E-state index in [1.807, 2.05) is 34.6 Å². The molecule has 1 N–H and O–H groups in total. The molecule has 0 aliphatic carbocycles. The first-order valence-electron chi connectivity index (χ1n) is 9.90. The molecule has 2 aromatic heterocycles. The van der Waals surface area contributed by atoms with Crippen LogP contribution in [-0.2, 0) is 4.79 Å². The smallest absolute Gasteiger partial charge is 0.255 e. The van der Waals surface area contributed by atoms with Crippen molar-refractivity contribution < 1.29 is 13.5 Å². The number of fused-ring (bicyclic) bond motifs is 1. The van der Waals surface area contributed by atoms with E-state index < -0.39 is 0 Å². The largest absolute Gasteiger partial charge is 0.350 e. The van der Waals surface area contributed by atoms with Crippen LogP contribution in [-0.4, -0.2) is 63.6 Å². The highest BCUT2D eigenvalue weighted by molar-refractivity contribution is 9.10. The Morgan fingerprint density at radius 1 is 1.47 bits per heavy atom. The summed E-state index contributed by atoms with van der Waals surface area (Å²) in [6, 6.07) is 2.06. The number of rotatable bonds is 4. The molecule has 32 heavy (non-hydrogen) atoms. The molecule has 0 aromatic carbocycles. The average Bonchev–Trinajstić information content (AvgIpc) is 3.13. The third-order valence-corrected chi connectivity index (χ3v) is 4.48. The van der Waals surface area contributed by atoms with Crippen molar-refractivity contribution >= 4 is 58.0 Å². The Morgan fingerprint density at radius 2 is 2.06 bits per heavy atom. The molecule has 9 nitrogen and oxygen atoms in total. The van der Waals surface area contributed by atoms with Crippen LogP contribution in [0.1, 0.15) is 45.0 Å². The van der Waals surface area contributed by atoms with E-state index in [0.717, 1.165) is 6.41 Å². The minimum atomic E-state index is -0.296. The predicted molar refractivity (Wildman–Crippen MR) is 130 cm³/mol. The van der Waals surface area contributed by atoms with Gasteiger partial charge in [0.1, 0.15) is 10.1 Å². The number of likely N-dealkylation sites (tertiary alicyclic amines) is 1. The third kappa shape index (κ3) is 9.32. The number of aliphatic imine (C=N–C) groups is 1. The van der Waals surface area contributed by atoms with Gasteiger partial charge in [0.15, 0.2) is 18.0 Å². The molecule has 1 fully saturated rings. The van der Waals surface area contributed by atoms with Crippen molar-refractivity contribution in [1.82, 2.24) is 24.2 Å². The van der Waals surface area contributed by atoms with Gasteiger partial charge in [-0.25, -0.2) is 13.9 Å². The van der Waals surface area contributed by atoms with Gasteiger partial charge in [-0.1, -0.05) is 13.8 Å². The van der Waals surface area contributed by atoms with Crippen molar-refractivity contribution in [2.45, 2.75) is 40.7 Å². The van der Waals surface area contributed by atoms with Crippen LogP contribution in [0.2, 0.25) is 0 Å². The lowest BCUT2D eigenvalue weighted by Crippen LogP contribution is -2.44. The molecular weight excluding hydrogens is 501 g/mol. The number of carbonyl (C=O) groups excluding carboxylic acids is 2. The molecule has 1 saturated heterocycles. The molecule has 176 valence electrons. The molecule has 0 saturated carbocycles. The normalized spacial score (nSPS) is 12.4. The monoisotopic (exact) mass is 529 g/mol. The summed E-state index contributed by atoms with van der Waals surface area (Å²) in [5, 5.41) is 10.9. The van der Waals surface area contributed by atoms with Crippen LogP contribution in [0.3, 0.4) is 0 Å². The van der Waals surface area contributed by atoms with E-state index in [4.69, 9.17) is 5.26 Å². The first-order chi connectivity index (χ1) is 15.3. The van der Waals surface area contributed by atoms with Crippen LogP contribution in [0.15, 0.2) is 22.0 Å². The number of hydrogen-bond acceptors (Lipinski definition) is 7. The van der Waals surface area contributed by atoms with Crippen molar-refractivity contribution in [2.75, 3.05) is 20.1 Å². The Labute approximate surface area is 201 Å². The van der Waals surface area contributed by atoms with E-state index in [0.29, 0.717) is 34.4 Å². The molecule has 1 aliphatic heterocycles. The van der Waals surface area contributed by atoms with Crippen molar-refractivity contribution in [3.8, 4) is 6.07 Å². The zero-order valence-corrected chi connectivity index (χ0v) is 21.4. The SMILES string of the molecule is CC.CC(C)NC(=O)c1cn(SF)c2ncc(Br)nc12.CC=NC.N#CC1CN(C=O)C1. The minimum Gasteiger partial charge on any atom is -0.350 e. The van der Waals surface area contributed by atoms with E-state index in [1.54, 1.807) is 18.2 Å². The van der Waals surface area contributed by atoms with Crippen LogP contribution < -0.4 is 5.32 Å². The van der Waals surface area contributed by atoms with Crippen molar-refractivity contribution in [3.63, 3.8) is 0 Å². The lowest BCUT2D eigenvalue weighted by Gasteiger charge is -2.31. The van der Waals surface area contributed by atoms with E-state index in [1.165, 1.54) is 16.4 Å². The van der Waals surface area contributed by atoms with Gasteiger partial charge in [0.25, 0.3) is 5.91 Å². The molecule has 0 atom stereocenters. The Hall–Kier alpha value is -2.52. The number of halogens is 2. The van der Waals surface area contributed by atoms with Gasteiger partial charge in [-0.2, -0.15) is 5.26 Å². The van der Waals surface area contributed by atoms with Crippen molar-refractivity contribution in [3.05, 3.63) is 22.6 Å². The number of amides is 2. The summed E-state index contributed by atoms with van der Waals surface area (Å²) in [6.07, 6.45) is 5.37. The van der Waals surface area contributed by atoms with Gasteiger partial charge in [0.2, 0.25) is 6.41 Å². The average molecular weight is 530 g/mol. The molecule has 0 bridgehead atoms. The second kappa shape index (κ2) is 16.2. The number of hydrogen-bond donors (Lipinski definition) is 1. The molecule has 3 rings (SSSR count). The van der Waals surface area contributed by atoms with Gasteiger partial charge in [-0.05, 0) is 42.9 Å². The van der Waals surface area contributed by atoms with Crippen LogP contribution in [0.4, 0.5) is 3.89 Å². The van der Waals surface area contributed by atoms with Crippen LogP contribution in [0.5, 0.6) is 0 Å². The maximum Gasteiger partial charge on any atom is 0.255 e. The van der Waals surface area contributed by atoms with E-state index >= 15 is 0 Å². The Bertz CT molecular complexity index is 921. The Morgan fingerprint density at radius 3 is 2.50 bits per heavy atom. The van der Waals surface area contributed by atoms with E-state index in [9.17, 15) is 13.5 Å². The number of nitrogens with one attached hydrogen (secondary N) is 1. The van der Waals surface area contributed by atoms with Gasteiger partial charge in [0, 0.05) is 32.4 Å². The van der Waals surface area contributed by atoms with Crippen LogP contribution in [0, 0.1) is 17.2 Å². The number of aromatic nitrogens is 3. The molecule has 0 radical (unpaired) electrons. The van der Waals surface area contributed by atoms with Crippen LogP contribution in [0.25, 0.3) is 11.2 Å². The maximum absolute atomic E-state index is 12.8. The van der Waals surface area contributed by atoms with Gasteiger partial charge in [-0.3, -0.25) is 9.59 Å². The summed E-state index contributed by atoms with van der Waals surface area (Å²) in [6.45, 7) is 10.8. The molecule has 2 amide bonds. The topological polar surface area (TPSA) is 116 Å². The predicted octanol–water partition coefficient (Wildman–Crippen LogP) is 4.04. The fourth-order valence-corrected chi connectivity index (χ4v) is 2.81. The molecular formula is C20H29BrFN7O2S. The summed E-state index contributed by atoms with van der Waals surface area (Å²) < 4.78 is 14.4. The second-order valence-electron chi connectivity index (χ2n) is 6.33. The van der Waals surface area contributed by atoms with Gasteiger partial charge in [-0.15, -0.1) is 3.89 Å². The zero-order chi connectivity index (χ0) is 24.7. The number of nitriles is 1. The first kappa shape index (κ1) is 29.5. The third-order valence-electron chi connectivity index (χ3n) is 3.67. The van der Waals surface area contributed by atoms with Crippen LogP contribution >= 0.6 is 28.3 Å². The Kier molecular flexibility index (Phi) is 14.9. The summed E-state index contributed by atoms with van der Waals surface area (Å²) >= 11 is 3.16. The lowest BCUT2D eigenvalue weighted by atomic mass is 10.0. The highest BCUT2D eigenvalue weighted by Crippen LogP contribution is 2.24. The summed E-state index contributed by atoms with van der Waals surface area (Å²) in [5.41, 5.74) is 0.991. The highest BCUT2D eigenvalue weighted by Gasteiger charge is 2.24. The van der Waals surface area contributed by atoms with Crippen molar-refractivity contribution in [2.24, 2.45) is 10.9 Å². The molecule has 2 aromatic rings. The molecule has 0 spiro atoms. The van der Waals surface area contributed by atoms with E-state index in [2.05, 4.69) is 42.3 Å². The van der Waals surface area contributed by atoms with E-state index in [-0.39, 0.29) is 30.2 Å². The summed E-state index contributed by atoms with van der Waals surface area (Å²) in [7, 11) is 1.75. The zero-order valence-electron chi connectivity index (χ0n) is 19.0. The number of nitrogens with zero attached hydrogens (tertiary/aromatic N) is 6. The quantitative estimate of drug-likeness (QED) is 0.471. The fraction of sp³-hybridized carbons (Fsp3) is 0.500. The maximum atomic E-state index is 12.8. The van der Waals surface area contributed by atoms with Gasteiger partial charge >= 0.3 is 0 Å². The molecule has 3 heterocycles. The van der Waals surface area contributed by atoms with Crippen molar-refractivity contribution in [1.29, 1.82) is 5.26 Å². The molecule has 12 heteroatoms. The van der Waals surface area contributed by atoms with Gasteiger partial charge < -0.3 is 15.2 Å². The summed E-state index contributed by atoms with van der Waals surface area (Å²) in [4.78, 5) is 35.2. The highest BCUT2D eigenvalue weighted by atomic mass is 79.9. The minimum absolute atomic E-state index is 0.00552. The number of carbonyl (C=O) groups is 2. The Balaban J connectivity index is 0.000000568. The fourth-order valence-electron chi connectivity index (χ4n) is 2.18. The lowest BCUT2D eigenvalue weighted by molar-refractivity contribution is -0.122. The van der Waals surface area contributed by atoms with Gasteiger partial charge in [0.05, 0.1) is 23.7 Å². The second-order valence-corrected chi connectivity index (χ2v) is 7.68. The standard InChI is InChI=1S/C10H10BrFN4OS.C5H6N2O.C3H7N.C2H6/c1-5(2)14-10(17)6-4-16(18-12)9-8(6)15-7(11)3-13-9;6-1-5-2-7(3-5)4-8;1-3-4-2;1-2/h3-5H,1-2H3,(H,14,17);4-5H,2-3H2;3H,1-2H3;1-2H3. The first-order valence-corrected chi connectivity index (χ1v) is 11.4. The molecule has 0 unspecified atom stereocenters.